The van der Waals surface area contributed by atoms with E-state index in [1.54, 1.807) is 12.1 Å². The second-order valence-electron chi connectivity index (χ2n) is 6.52. The molecule has 0 saturated heterocycles. The topological polar surface area (TPSA) is 85.5 Å². The number of ether oxygens (including phenoxy) is 1. The van der Waals surface area contributed by atoms with Gasteiger partial charge in [0.15, 0.2) is 0 Å². The van der Waals surface area contributed by atoms with E-state index in [0.717, 1.165) is 26.6 Å². The van der Waals surface area contributed by atoms with Crippen LogP contribution < -0.4 is 4.74 Å². The zero-order chi connectivity index (χ0) is 20.9. The molecular weight excluding hydrogens is 440 g/mol. The Bertz CT molecular complexity index is 1310. The highest BCUT2D eigenvalue weighted by Crippen LogP contribution is 2.29. The molecule has 0 aliphatic rings. The summed E-state index contributed by atoms with van der Waals surface area (Å²) in [5.74, 6) is 1.19. The van der Waals surface area contributed by atoms with Gasteiger partial charge in [0.05, 0.1) is 32.7 Å². The lowest BCUT2D eigenvalue weighted by Crippen LogP contribution is -1.98. The van der Waals surface area contributed by atoms with Crippen LogP contribution in [-0.4, -0.2) is 9.97 Å². The summed E-state index contributed by atoms with van der Waals surface area (Å²) in [5, 5.41) is 18.8. The number of H-pyrrole nitrogens is 1. The van der Waals surface area contributed by atoms with Crippen LogP contribution >= 0.6 is 15.9 Å². The van der Waals surface area contributed by atoms with Crippen LogP contribution in [-0.2, 0) is 6.61 Å². The maximum atomic E-state index is 9.61. The van der Waals surface area contributed by atoms with Crippen LogP contribution in [0.2, 0.25) is 0 Å². The molecule has 0 bridgehead atoms. The predicted molar refractivity (Wildman–Crippen MR) is 119 cm³/mol. The van der Waals surface area contributed by atoms with Crippen LogP contribution in [0.15, 0.2) is 71.2 Å². The molecule has 3 aromatic carbocycles. The lowest BCUT2D eigenvalue weighted by molar-refractivity contribution is 0.304. The fourth-order valence-corrected chi connectivity index (χ4v) is 3.55. The summed E-state index contributed by atoms with van der Waals surface area (Å²) in [7, 11) is 0. The third-order valence-corrected chi connectivity index (χ3v) is 5.17. The van der Waals surface area contributed by atoms with Crippen molar-refractivity contribution in [2.45, 2.75) is 6.61 Å². The molecule has 1 aromatic heterocycles. The molecule has 0 atom stereocenters. The van der Waals surface area contributed by atoms with E-state index in [1.165, 1.54) is 0 Å². The van der Waals surface area contributed by atoms with Crippen molar-refractivity contribution in [1.82, 2.24) is 9.97 Å². The molecule has 144 valence electrons. The van der Waals surface area contributed by atoms with Crippen molar-refractivity contribution in [2.75, 3.05) is 0 Å². The zero-order valence-electron chi connectivity index (χ0n) is 15.8. The van der Waals surface area contributed by atoms with E-state index >= 15 is 0 Å². The quantitative estimate of drug-likeness (QED) is 0.383. The lowest BCUT2D eigenvalue weighted by Gasteiger charge is -2.10. The van der Waals surface area contributed by atoms with Crippen LogP contribution in [0, 0.1) is 22.7 Å². The maximum Gasteiger partial charge on any atom is 0.149 e. The van der Waals surface area contributed by atoms with Crippen LogP contribution in [0.1, 0.15) is 22.5 Å². The molecule has 4 rings (SSSR count). The summed E-state index contributed by atoms with van der Waals surface area (Å²) in [6.07, 6.45) is 1.78. The van der Waals surface area contributed by atoms with E-state index in [9.17, 15) is 10.5 Å². The first-order valence-electron chi connectivity index (χ1n) is 9.15. The number of hydrogen-bond donors (Lipinski definition) is 1. The summed E-state index contributed by atoms with van der Waals surface area (Å²) in [5.41, 5.74) is 4.40. The Balaban J connectivity index is 1.56. The minimum absolute atomic E-state index is 0.292. The Kier molecular flexibility index (Phi) is 5.61. The number of aromatic amines is 1. The Morgan fingerprint density at radius 1 is 1.07 bits per heavy atom. The Morgan fingerprint density at radius 2 is 1.87 bits per heavy atom. The molecule has 1 N–H and O–H groups in total. The van der Waals surface area contributed by atoms with Crippen LogP contribution in [0.25, 0.3) is 22.7 Å². The van der Waals surface area contributed by atoms with Crippen molar-refractivity contribution in [2.24, 2.45) is 0 Å². The monoisotopic (exact) mass is 454 g/mol. The predicted octanol–water partition coefficient (Wildman–Crippen LogP) is 5.84. The summed E-state index contributed by atoms with van der Waals surface area (Å²) in [6.45, 7) is 0.292. The van der Waals surface area contributed by atoms with Gasteiger partial charge in [-0.15, -0.1) is 0 Å². The van der Waals surface area contributed by atoms with Gasteiger partial charge in [0.25, 0.3) is 0 Å². The molecule has 30 heavy (non-hydrogen) atoms. The third kappa shape index (κ3) is 4.10. The molecule has 6 heteroatoms. The molecule has 1 heterocycles. The van der Waals surface area contributed by atoms with E-state index in [2.05, 4.69) is 38.0 Å². The number of halogens is 1. The minimum atomic E-state index is 0.292. The van der Waals surface area contributed by atoms with Crippen molar-refractivity contribution in [3.63, 3.8) is 0 Å². The van der Waals surface area contributed by atoms with Crippen LogP contribution in [0.5, 0.6) is 5.75 Å². The SMILES string of the molecule is N#C/C(=C/c1ccc(OCc2ccccc2C#N)c(Br)c1)c1nc2ccccc2[nH]1. The average molecular weight is 455 g/mol. The van der Waals surface area contributed by atoms with Crippen LogP contribution in [0.3, 0.4) is 0 Å². The minimum Gasteiger partial charge on any atom is -0.488 e. The molecule has 0 aliphatic carbocycles. The molecule has 0 radical (unpaired) electrons. The van der Waals surface area contributed by atoms with Gasteiger partial charge in [-0.25, -0.2) is 4.98 Å². The van der Waals surface area contributed by atoms with Gasteiger partial charge in [-0.3, -0.25) is 0 Å². The fourth-order valence-electron chi connectivity index (χ4n) is 3.04. The second-order valence-corrected chi connectivity index (χ2v) is 7.37. The number of aromatic nitrogens is 2. The molecule has 0 aliphatic heterocycles. The first-order valence-corrected chi connectivity index (χ1v) is 9.94. The molecule has 0 unspecified atom stereocenters. The first kappa shape index (κ1) is 19.4. The summed E-state index contributed by atoms with van der Waals surface area (Å²) in [6, 6.07) is 25.0. The van der Waals surface area contributed by atoms with Gasteiger partial charge in [-0.1, -0.05) is 36.4 Å². The number of para-hydroxylation sites is 2. The number of benzene rings is 3. The highest BCUT2D eigenvalue weighted by atomic mass is 79.9. The first-order chi connectivity index (χ1) is 14.7. The fraction of sp³-hybridized carbons (Fsp3) is 0.0417. The van der Waals surface area contributed by atoms with Crippen molar-refractivity contribution in [1.29, 1.82) is 10.5 Å². The second kappa shape index (κ2) is 8.65. The zero-order valence-corrected chi connectivity index (χ0v) is 17.3. The summed E-state index contributed by atoms with van der Waals surface area (Å²) >= 11 is 3.53. The normalized spacial score (nSPS) is 11.1. The molecule has 5 nitrogen and oxygen atoms in total. The Hall–Kier alpha value is -3.87. The molecule has 0 spiro atoms. The molecular formula is C24H15BrN4O. The van der Waals surface area contributed by atoms with Crippen molar-refractivity contribution >= 4 is 38.6 Å². The largest absolute Gasteiger partial charge is 0.488 e. The highest BCUT2D eigenvalue weighted by molar-refractivity contribution is 9.10. The van der Waals surface area contributed by atoms with Gasteiger partial charge in [0.2, 0.25) is 0 Å². The van der Waals surface area contributed by atoms with E-state index in [4.69, 9.17) is 4.74 Å². The molecule has 0 amide bonds. The molecule has 4 aromatic rings. The maximum absolute atomic E-state index is 9.61. The number of hydrogen-bond acceptors (Lipinski definition) is 4. The van der Waals surface area contributed by atoms with Crippen molar-refractivity contribution in [3.8, 4) is 17.9 Å². The lowest BCUT2D eigenvalue weighted by atomic mass is 10.1. The highest BCUT2D eigenvalue weighted by Gasteiger charge is 2.09. The standard InChI is InChI=1S/C24H15BrN4O/c25-20-12-16(9-10-23(20)30-15-18-6-2-1-5-17(18)13-26)11-19(14-27)24-28-21-7-3-4-8-22(21)29-24/h1-12H,15H2,(H,28,29)/b19-11-. The van der Waals surface area contributed by atoms with E-state index in [1.807, 2.05) is 60.7 Å². The number of nitrogens with zero attached hydrogens (tertiary/aromatic N) is 3. The van der Waals surface area contributed by atoms with Crippen molar-refractivity contribution < 1.29 is 4.74 Å². The van der Waals surface area contributed by atoms with Gasteiger partial charge < -0.3 is 9.72 Å². The third-order valence-electron chi connectivity index (χ3n) is 4.55. The van der Waals surface area contributed by atoms with Gasteiger partial charge in [-0.05, 0) is 57.9 Å². The van der Waals surface area contributed by atoms with Gasteiger partial charge in [0.1, 0.15) is 24.3 Å². The number of allylic oxidation sites excluding steroid dienone is 1. The van der Waals surface area contributed by atoms with Gasteiger partial charge in [-0.2, -0.15) is 10.5 Å². The molecule has 0 fully saturated rings. The van der Waals surface area contributed by atoms with Crippen LogP contribution in [0.4, 0.5) is 0 Å². The average Bonchev–Trinajstić information content (AvgIpc) is 3.21. The van der Waals surface area contributed by atoms with Gasteiger partial charge in [0, 0.05) is 5.56 Å². The number of imidazole rings is 1. The molecule has 0 saturated carbocycles. The number of nitrogens with one attached hydrogen (secondary N) is 1. The summed E-state index contributed by atoms with van der Waals surface area (Å²) < 4.78 is 6.63. The number of rotatable bonds is 5. The van der Waals surface area contributed by atoms with E-state index in [0.29, 0.717) is 29.3 Å². The van der Waals surface area contributed by atoms with Gasteiger partial charge >= 0.3 is 0 Å². The van der Waals surface area contributed by atoms with Crippen molar-refractivity contribution in [3.05, 3.63) is 93.7 Å². The number of fused-ring (bicyclic) bond motifs is 1. The number of nitriles is 2. The van der Waals surface area contributed by atoms with E-state index < -0.39 is 0 Å². The summed E-state index contributed by atoms with van der Waals surface area (Å²) in [4.78, 5) is 7.67. The van der Waals surface area contributed by atoms with E-state index in [-0.39, 0.29) is 0 Å². The Labute approximate surface area is 182 Å². The Morgan fingerprint density at radius 3 is 2.63 bits per heavy atom. The smallest absolute Gasteiger partial charge is 0.149 e.